The minimum atomic E-state index is -0.135. The van der Waals surface area contributed by atoms with Crippen molar-refractivity contribution in [2.75, 3.05) is 6.61 Å². The van der Waals surface area contributed by atoms with E-state index in [4.69, 9.17) is 0 Å². The maximum absolute atomic E-state index is 12.9. The van der Waals surface area contributed by atoms with E-state index < -0.39 is 0 Å². The summed E-state index contributed by atoms with van der Waals surface area (Å²) in [7, 11) is 1.97. The average molecular weight is 325 g/mol. The zero-order valence-electron chi connectivity index (χ0n) is 14.0. The summed E-state index contributed by atoms with van der Waals surface area (Å²) in [5, 5.41) is 9.74. The summed E-state index contributed by atoms with van der Waals surface area (Å²) < 4.78 is 1.99. The van der Waals surface area contributed by atoms with Crippen molar-refractivity contribution in [3.05, 3.63) is 53.1 Å². The van der Waals surface area contributed by atoms with Crippen molar-refractivity contribution < 1.29 is 9.90 Å². The fourth-order valence-corrected chi connectivity index (χ4v) is 4.14. The third-order valence-electron chi connectivity index (χ3n) is 5.47. The molecular weight excluding hydrogens is 302 g/mol. The molecule has 2 aromatic rings. The quantitative estimate of drug-likeness (QED) is 0.930. The lowest BCUT2D eigenvalue weighted by Gasteiger charge is -2.35. The highest BCUT2D eigenvalue weighted by Gasteiger charge is 2.33. The number of carbonyl (C=O) groups is 1. The molecule has 1 unspecified atom stereocenters. The van der Waals surface area contributed by atoms with Crippen LogP contribution < -0.4 is 0 Å². The summed E-state index contributed by atoms with van der Waals surface area (Å²) in [6.45, 7) is 0.515. The number of nitrogens with zero attached hydrogens (tertiary/aromatic N) is 3. The molecule has 5 nitrogen and oxygen atoms in total. The second kappa shape index (κ2) is 6.06. The zero-order chi connectivity index (χ0) is 16.7. The van der Waals surface area contributed by atoms with Crippen LogP contribution in [0.1, 0.15) is 28.9 Å². The average Bonchev–Trinajstić information content (AvgIpc) is 3.16. The lowest BCUT2D eigenvalue weighted by atomic mass is 9.98. The Labute approximate surface area is 141 Å². The van der Waals surface area contributed by atoms with Gasteiger partial charge in [0.2, 0.25) is 5.91 Å². The van der Waals surface area contributed by atoms with Gasteiger partial charge in [0.25, 0.3) is 0 Å². The van der Waals surface area contributed by atoms with Gasteiger partial charge in [0.1, 0.15) is 0 Å². The molecule has 1 aliphatic heterocycles. The van der Waals surface area contributed by atoms with E-state index in [1.165, 1.54) is 11.1 Å². The SMILES string of the molecule is Cn1cnc2c1CC(CO)N(C(=O)CC1Cc3ccccc3C1)C2. The minimum Gasteiger partial charge on any atom is -0.394 e. The van der Waals surface area contributed by atoms with Crippen LogP contribution in [0.25, 0.3) is 0 Å². The van der Waals surface area contributed by atoms with Crippen LogP contribution in [0.2, 0.25) is 0 Å². The highest BCUT2D eigenvalue weighted by molar-refractivity contribution is 5.77. The van der Waals surface area contributed by atoms with Crippen LogP contribution >= 0.6 is 0 Å². The van der Waals surface area contributed by atoms with Gasteiger partial charge in [0, 0.05) is 25.6 Å². The molecule has 126 valence electrons. The first-order chi connectivity index (χ1) is 11.7. The second-order valence-corrected chi connectivity index (χ2v) is 7.06. The third-order valence-corrected chi connectivity index (χ3v) is 5.47. The molecule has 0 radical (unpaired) electrons. The van der Waals surface area contributed by atoms with Crippen molar-refractivity contribution in [3.63, 3.8) is 0 Å². The molecule has 1 aliphatic carbocycles. The van der Waals surface area contributed by atoms with E-state index in [0.29, 0.717) is 25.3 Å². The molecule has 1 aromatic carbocycles. The maximum Gasteiger partial charge on any atom is 0.223 e. The van der Waals surface area contributed by atoms with Crippen molar-refractivity contribution in [2.45, 2.75) is 38.3 Å². The highest BCUT2D eigenvalue weighted by Crippen LogP contribution is 2.30. The first-order valence-corrected chi connectivity index (χ1v) is 8.62. The lowest BCUT2D eigenvalue weighted by molar-refractivity contribution is -0.136. The van der Waals surface area contributed by atoms with Gasteiger partial charge < -0.3 is 14.6 Å². The first-order valence-electron chi connectivity index (χ1n) is 8.62. The van der Waals surface area contributed by atoms with Crippen molar-refractivity contribution in [2.24, 2.45) is 13.0 Å². The molecule has 0 saturated carbocycles. The van der Waals surface area contributed by atoms with E-state index in [1.807, 2.05) is 16.5 Å². The number of amides is 1. The maximum atomic E-state index is 12.9. The molecule has 2 heterocycles. The molecule has 4 rings (SSSR count). The van der Waals surface area contributed by atoms with E-state index in [9.17, 15) is 9.90 Å². The van der Waals surface area contributed by atoms with Crippen LogP contribution in [0, 0.1) is 5.92 Å². The summed E-state index contributed by atoms with van der Waals surface area (Å²) in [6, 6.07) is 8.33. The molecule has 1 atom stereocenters. The van der Waals surface area contributed by atoms with Gasteiger partial charge in [-0.05, 0) is 29.9 Å². The Morgan fingerprint density at radius 3 is 2.62 bits per heavy atom. The fraction of sp³-hybridized carbons (Fsp3) is 0.474. The van der Waals surface area contributed by atoms with Crippen LogP contribution in [0.15, 0.2) is 30.6 Å². The van der Waals surface area contributed by atoms with E-state index in [0.717, 1.165) is 24.2 Å². The Balaban J connectivity index is 1.46. The number of hydrogen-bond donors (Lipinski definition) is 1. The summed E-state index contributed by atoms with van der Waals surface area (Å²) in [5.74, 6) is 0.516. The molecule has 0 spiro atoms. The van der Waals surface area contributed by atoms with Gasteiger partial charge in [0.05, 0.1) is 31.2 Å². The number of aliphatic hydroxyl groups is 1. The normalized spacial score (nSPS) is 20.1. The predicted molar refractivity (Wildman–Crippen MR) is 90.3 cm³/mol. The van der Waals surface area contributed by atoms with Gasteiger partial charge in [-0.25, -0.2) is 4.98 Å². The van der Waals surface area contributed by atoms with E-state index in [1.54, 1.807) is 6.33 Å². The van der Waals surface area contributed by atoms with E-state index in [2.05, 4.69) is 29.2 Å². The van der Waals surface area contributed by atoms with Gasteiger partial charge in [-0.15, -0.1) is 0 Å². The largest absolute Gasteiger partial charge is 0.394 e. The number of carbonyl (C=O) groups excluding carboxylic acids is 1. The van der Waals surface area contributed by atoms with Crippen molar-refractivity contribution in [1.82, 2.24) is 14.5 Å². The molecule has 0 bridgehead atoms. The Kier molecular flexibility index (Phi) is 3.88. The molecule has 0 fully saturated rings. The number of fused-ring (bicyclic) bond motifs is 2. The van der Waals surface area contributed by atoms with Crippen LogP contribution in [-0.4, -0.2) is 38.1 Å². The summed E-state index contributed by atoms with van der Waals surface area (Å²) in [5.41, 5.74) is 4.84. The van der Waals surface area contributed by atoms with Crippen molar-refractivity contribution in [1.29, 1.82) is 0 Å². The molecule has 5 heteroatoms. The number of rotatable bonds is 3. The topological polar surface area (TPSA) is 58.4 Å². The number of benzene rings is 1. The third kappa shape index (κ3) is 2.63. The van der Waals surface area contributed by atoms with Gasteiger partial charge in [-0.2, -0.15) is 0 Å². The number of aryl methyl sites for hydroxylation is 1. The summed E-state index contributed by atoms with van der Waals surface area (Å²) in [6.07, 6.45) is 4.98. The van der Waals surface area contributed by atoms with Gasteiger partial charge in [0.15, 0.2) is 0 Å². The second-order valence-electron chi connectivity index (χ2n) is 7.06. The highest BCUT2D eigenvalue weighted by atomic mass is 16.3. The molecule has 24 heavy (non-hydrogen) atoms. The molecule has 0 saturated heterocycles. The fourth-order valence-electron chi connectivity index (χ4n) is 4.14. The van der Waals surface area contributed by atoms with E-state index >= 15 is 0 Å². The van der Waals surface area contributed by atoms with Gasteiger partial charge in [-0.1, -0.05) is 24.3 Å². The Morgan fingerprint density at radius 2 is 1.96 bits per heavy atom. The van der Waals surface area contributed by atoms with Crippen LogP contribution in [-0.2, 0) is 37.6 Å². The molecule has 1 aromatic heterocycles. The number of aliphatic hydroxyl groups excluding tert-OH is 1. The molecular formula is C19H23N3O2. The van der Waals surface area contributed by atoms with Gasteiger partial charge in [-0.3, -0.25) is 4.79 Å². The van der Waals surface area contributed by atoms with E-state index in [-0.39, 0.29) is 18.6 Å². The minimum absolute atomic E-state index is 0.00124. The Hall–Kier alpha value is -2.14. The predicted octanol–water partition coefficient (Wildman–Crippen LogP) is 1.47. The smallest absolute Gasteiger partial charge is 0.223 e. The monoisotopic (exact) mass is 325 g/mol. The first kappa shape index (κ1) is 15.4. The standard InChI is InChI=1S/C19H23N3O2/c1-21-12-20-17-10-22(16(11-23)9-18(17)21)19(24)8-13-6-14-4-2-3-5-15(14)7-13/h2-5,12-13,16,23H,6-11H2,1H3. The zero-order valence-corrected chi connectivity index (χ0v) is 14.0. The number of hydrogen-bond acceptors (Lipinski definition) is 3. The van der Waals surface area contributed by atoms with Crippen LogP contribution in [0.3, 0.4) is 0 Å². The summed E-state index contributed by atoms with van der Waals surface area (Å²) in [4.78, 5) is 19.1. The molecule has 2 aliphatic rings. The van der Waals surface area contributed by atoms with Crippen LogP contribution in [0.4, 0.5) is 0 Å². The number of imidazole rings is 1. The van der Waals surface area contributed by atoms with Crippen molar-refractivity contribution in [3.8, 4) is 0 Å². The Bertz CT molecular complexity index is 743. The molecule has 1 amide bonds. The summed E-state index contributed by atoms with van der Waals surface area (Å²) >= 11 is 0. The van der Waals surface area contributed by atoms with Gasteiger partial charge >= 0.3 is 0 Å². The molecule has 1 N–H and O–H groups in total. The lowest BCUT2D eigenvalue weighted by Crippen LogP contribution is -2.47. The van der Waals surface area contributed by atoms with Crippen LogP contribution in [0.5, 0.6) is 0 Å². The number of aromatic nitrogens is 2. The van der Waals surface area contributed by atoms with Crippen molar-refractivity contribution >= 4 is 5.91 Å². The Morgan fingerprint density at radius 1 is 1.25 bits per heavy atom.